The Bertz CT molecular complexity index is 2770. The average molecular weight is 1430 g/mol. The molecule has 11 rings (SSSR count). The Kier molecular flexibility index (Phi) is 23.3. The Balaban J connectivity index is 0.798. The highest BCUT2D eigenvalue weighted by atomic mass is 16.8. The molecule has 99 heavy (non-hydrogen) atoms. The van der Waals surface area contributed by atoms with E-state index in [2.05, 4.69) is 40.7 Å². The Morgan fingerprint density at radius 2 is 0.919 bits per heavy atom. The minimum atomic E-state index is -1.96. The van der Waals surface area contributed by atoms with Crippen LogP contribution in [0.4, 0.5) is 0 Å². The summed E-state index contributed by atoms with van der Waals surface area (Å²) >= 11 is 0. The van der Waals surface area contributed by atoms with E-state index >= 15 is 4.79 Å². The van der Waals surface area contributed by atoms with Crippen molar-refractivity contribution in [2.45, 2.75) is 303 Å². The minimum Gasteiger partial charge on any atom is -0.432 e. The molecule has 0 amide bonds. The van der Waals surface area contributed by atoms with Crippen molar-refractivity contribution in [3.05, 3.63) is 11.6 Å². The van der Waals surface area contributed by atoms with Crippen molar-refractivity contribution in [2.75, 3.05) is 39.6 Å². The summed E-state index contributed by atoms with van der Waals surface area (Å²) in [7, 11) is 0. The van der Waals surface area contributed by atoms with E-state index in [1.165, 1.54) is 6.92 Å². The minimum absolute atomic E-state index is 0.0139. The van der Waals surface area contributed by atoms with Crippen molar-refractivity contribution in [2.24, 2.45) is 50.2 Å². The van der Waals surface area contributed by atoms with E-state index in [-0.39, 0.29) is 23.2 Å². The number of ether oxygens (including phenoxy) is 12. The molecule has 33 nitrogen and oxygen atoms in total. The molecule has 0 aromatic heterocycles. The molecule has 33 heteroatoms. The molecule has 6 aliphatic heterocycles. The highest BCUT2D eigenvalue weighted by Crippen LogP contribution is 2.76. The molecule has 0 spiro atoms. The zero-order valence-corrected chi connectivity index (χ0v) is 56.8. The Labute approximate surface area is 572 Å². The summed E-state index contributed by atoms with van der Waals surface area (Å²) < 4.78 is 71.3. The van der Waals surface area contributed by atoms with Crippen LogP contribution in [0.5, 0.6) is 0 Å². The fourth-order valence-corrected chi connectivity index (χ4v) is 19.2. The fourth-order valence-electron chi connectivity index (χ4n) is 19.2. The molecule has 0 radical (unpaired) electrons. The van der Waals surface area contributed by atoms with Crippen LogP contribution in [0.2, 0.25) is 0 Å². The second-order valence-corrected chi connectivity index (χ2v) is 31.8. The molecule has 4 saturated carbocycles. The van der Waals surface area contributed by atoms with E-state index in [1.807, 2.05) is 6.92 Å². The molecule has 6 saturated heterocycles. The van der Waals surface area contributed by atoms with Crippen LogP contribution in [0.1, 0.15) is 113 Å². The third-order valence-corrected chi connectivity index (χ3v) is 25.7. The molecule has 0 aromatic rings. The molecular weight excluding hydrogens is 1320 g/mol. The first-order chi connectivity index (χ1) is 46.5. The van der Waals surface area contributed by atoms with E-state index in [1.54, 1.807) is 0 Å². The van der Waals surface area contributed by atoms with E-state index < -0.39 is 263 Å². The van der Waals surface area contributed by atoms with Gasteiger partial charge in [-0.25, -0.2) is 0 Å². The Morgan fingerprint density at radius 1 is 0.455 bits per heavy atom. The smallest absolute Gasteiger partial charge is 0.315 e. The lowest BCUT2D eigenvalue weighted by Gasteiger charge is -2.71. The largest absolute Gasteiger partial charge is 0.432 e. The normalized spacial score (nSPS) is 54.6. The van der Waals surface area contributed by atoms with E-state index in [0.29, 0.717) is 64.2 Å². The molecular formula is C66H108O33. The van der Waals surface area contributed by atoms with Gasteiger partial charge in [0.15, 0.2) is 31.5 Å². The molecule has 20 N–H and O–H groups in total. The zero-order chi connectivity index (χ0) is 72.3. The van der Waals surface area contributed by atoms with Crippen LogP contribution in [-0.4, -0.2) is 338 Å². The summed E-state index contributed by atoms with van der Waals surface area (Å²) in [6, 6.07) is 0. The highest BCUT2D eigenvalue weighted by Gasteiger charge is 2.71. The SMILES string of the molecule is C[C@@H]1O[C@@H](O[C@H]2[C@H](O)[C@@H](O)[C@H](OC[C@H]3O[C@@H](OC(=O)[C@]45CCC(C)(C)C[C@H]4C4=CC[C@@H]6[C@@]7(C)CC[C@H](O[C@@H]8O[C@H](CO[C@H]9O[C@@H](CO)[C@H](O)[C@@H](O)[C@@H]9O)[C@H](O)[C@H](O)[C@H]8O[C@@H]8O[C@H](CO)[C@@H](O)[C@H](O)[C@H]8O)[C@@](C)(CO)[C@@H]7CC[C@@]6(C)[C@]4(C)CC5)[C@H](O)[C@@H](O)[C@@H]3O)O[C@@H]2CO)[C@H](O)[C@H](O)[C@H]1O. The molecule has 11 aliphatic rings. The topological polar surface area (TPSA) is 532 Å². The van der Waals surface area contributed by atoms with Gasteiger partial charge in [-0.05, 0) is 111 Å². The first kappa shape index (κ1) is 78.1. The number of carbonyl (C=O) groups is 1. The third kappa shape index (κ3) is 13.6. The summed E-state index contributed by atoms with van der Waals surface area (Å²) in [6.45, 7) is 10.3. The lowest BCUT2D eigenvalue weighted by atomic mass is 9.33. The maximum Gasteiger partial charge on any atom is 0.315 e. The van der Waals surface area contributed by atoms with Crippen LogP contribution in [0.25, 0.3) is 0 Å². The zero-order valence-electron chi connectivity index (χ0n) is 56.8. The number of hydrogen-bond donors (Lipinski definition) is 20. The molecule has 0 unspecified atom stereocenters. The van der Waals surface area contributed by atoms with Gasteiger partial charge in [0.1, 0.15) is 140 Å². The van der Waals surface area contributed by atoms with Crippen molar-refractivity contribution in [1.29, 1.82) is 0 Å². The number of hydrogen-bond acceptors (Lipinski definition) is 33. The van der Waals surface area contributed by atoms with Gasteiger partial charge >= 0.3 is 5.97 Å². The maximum atomic E-state index is 15.4. The average Bonchev–Trinajstić information content (AvgIpc) is 0.674. The predicted molar refractivity (Wildman–Crippen MR) is 328 cm³/mol. The molecule has 6 heterocycles. The third-order valence-electron chi connectivity index (χ3n) is 25.7. The summed E-state index contributed by atoms with van der Waals surface area (Å²) in [6.07, 6.45) is -44.8. The monoisotopic (exact) mass is 1430 g/mol. The first-order valence-corrected chi connectivity index (χ1v) is 34.9. The van der Waals surface area contributed by atoms with Gasteiger partial charge in [-0.1, -0.05) is 53.2 Å². The van der Waals surface area contributed by atoms with Gasteiger partial charge in [0, 0.05) is 5.41 Å². The van der Waals surface area contributed by atoms with Crippen molar-refractivity contribution < 1.29 is 164 Å². The van der Waals surface area contributed by atoms with E-state index in [4.69, 9.17) is 56.8 Å². The van der Waals surface area contributed by atoms with Gasteiger partial charge in [0.2, 0.25) is 6.29 Å². The molecule has 10 fully saturated rings. The second kappa shape index (κ2) is 29.6. The predicted octanol–water partition coefficient (Wildman–Crippen LogP) is -6.39. The first-order valence-electron chi connectivity index (χ1n) is 34.9. The van der Waals surface area contributed by atoms with Gasteiger partial charge in [-0.15, -0.1) is 0 Å². The summed E-state index contributed by atoms with van der Waals surface area (Å²) in [4.78, 5) is 15.4. The summed E-state index contributed by atoms with van der Waals surface area (Å²) in [5, 5.41) is 217. The van der Waals surface area contributed by atoms with Gasteiger partial charge in [-0.2, -0.15) is 0 Å². The van der Waals surface area contributed by atoms with Crippen LogP contribution in [-0.2, 0) is 61.6 Å². The Morgan fingerprint density at radius 3 is 1.51 bits per heavy atom. The van der Waals surface area contributed by atoms with Gasteiger partial charge in [0.05, 0.1) is 57.3 Å². The number of rotatable bonds is 18. The Hall–Kier alpha value is -2.03. The second-order valence-electron chi connectivity index (χ2n) is 31.8. The van der Waals surface area contributed by atoms with Crippen molar-refractivity contribution in [3.8, 4) is 0 Å². The van der Waals surface area contributed by atoms with Crippen LogP contribution < -0.4 is 0 Å². The van der Waals surface area contributed by atoms with Crippen molar-refractivity contribution in [3.63, 3.8) is 0 Å². The molecule has 5 aliphatic carbocycles. The van der Waals surface area contributed by atoms with Crippen LogP contribution in [0.15, 0.2) is 11.6 Å². The van der Waals surface area contributed by atoms with Gasteiger partial charge in [-0.3, -0.25) is 4.79 Å². The molecule has 0 aromatic carbocycles. The van der Waals surface area contributed by atoms with Crippen molar-refractivity contribution in [1.82, 2.24) is 0 Å². The number of aliphatic hydroxyl groups excluding tert-OH is 20. The van der Waals surface area contributed by atoms with Crippen LogP contribution in [0, 0.1) is 50.2 Å². The molecule has 570 valence electrons. The van der Waals surface area contributed by atoms with Gasteiger partial charge in [0.25, 0.3) is 0 Å². The lowest BCUT2D eigenvalue weighted by Crippen LogP contribution is -2.68. The fraction of sp³-hybridized carbons (Fsp3) is 0.955. The quantitative estimate of drug-likeness (QED) is 0.0345. The molecule has 0 bridgehead atoms. The van der Waals surface area contributed by atoms with Crippen molar-refractivity contribution >= 4 is 5.97 Å². The number of aliphatic hydroxyl groups is 20. The molecule has 39 atom stereocenters. The highest BCUT2D eigenvalue weighted by molar-refractivity contribution is 5.79. The van der Waals surface area contributed by atoms with Gasteiger partial charge < -0.3 is 159 Å². The van der Waals surface area contributed by atoms with E-state index in [9.17, 15) is 102 Å². The lowest BCUT2D eigenvalue weighted by molar-refractivity contribution is -0.383. The number of fused-ring (bicyclic) bond motifs is 7. The number of esters is 1. The standard InChI is InChI=1S/C66H108O33/c1-25-36(71)41(76)48(83)56(90-25)97-52-30(21-69)93-55(51(86)46(52)81)89-22-31-39(74)44(79)50(85)58(94-31)99-60(87)66-16-14-61(2,3)18-27(66)26-8-9-34-62(4)12-11-35(63(5,24-70)33(62)10-13-65(34,7)64(26,6)15-17-66)96-59-53(98-57-49(84)43(78)38(73)29(20-68)92-57)45(80)40(75)32(95-59)23-88-54-47(82)42(77)37(72)28(19-67)91-54/h8,25,27-59,67-86H,9-24H2,1-7H3/t25-,27-,28-,29+,30+,31+,32+,33+,34+,35-,36-,37-,38+,39+,40-,41+,42+,43-,44-,45-,46+,47-,48+,49+,50+,51+,52+,53+,54-,55+,56-,57-,58-,59-,62-,63-,64+,65+,66-/m0/s1. The number of allylic oxidation sites excluding steroid dienone is 2. The maximum absolute atomic E-state index is 15.4. The summed E-state index contributed by atoms with van der Waals surface area (Å²) in [5.41, 5.74) is -2.77. The number of carbonyl (C=O) groups excluding carboxylic acids is 1. The van der Waals surface area contributed by atoms with E-state index in [0.717, 1.165) is 5.57 Å². The van der Waals surface area contributed by atoms with Crippen LogP contribution in [0.3, 0.4) is 0 Å². The van der Waals surface area contributed by atoms with Crippen LogP contribution >= 0.6 is 0 Å². The summed E-state index contributed by atoms with van der Waals surface area (Å²) in [5.74, 6) is -1.31.